The lowest BCUT2D eigenvalue weighted by atomic mass is 10.1. The van der Waals surface area contributed by atoms with Crippen molar-refractivity contribution in [1.29, 1.82) is 0 Å². The fourth-order valence-electron chi connectivity index (χ4n) is 1.92. The Bertz CT molecular complexity index is 183. The maximum atomic E-state index is 5.79. The largest absolute Gasteiger partial charge is 0.378 e. The molecule has 0 aromatic carbocycles. The van der Waals surface area contributed by atoms with Crippen LogP contribution in [0.15, 0.2) is 0 Å². The van der Waals surface area contributed by atoms with Gasteiger partial charge in [-0.3, -0.25) is 0 Å². The van der Waals surface area contributed by atoms with Gasteiger partial charge in [0.15, 0.2) is 0 Å². The Morgan fingerprint density at radius 3 is 2.69 bits per heavy atom. The third-order valence-electron chi connectivity index (χ3n) is 2.99. The second-order valence-corrected chi connectivity index (χ2v) is 5.62. The molecule has 1 aliphatic heterocycles. The first-order valence-electron chi connectivity index (χ1n) is 6.44. The van der Waals surface area contributed by atoms with Crippen LogP contribution in [0.3, 0.4) is 0 Å². The van der Waals surface area contributed by atoms with Gasteiger partial charge in [0.2, 0.25) is 0 Å². The molecule has 0 aliphatic carbocycles. The van der Waals surface area contributed by atoms with Crippen molar-refractivity contribution in [2.75, 3.05) is 20.3 Å². The molecule has 1 heterocycles. The first-order chi connectivity index (χ1) is 7.51. The molecule has 0 radical (unpaired) electrons. The standard InChI is InChI=1S/C13H27NO2/c1-13(2,3)16-10-11(14-4)7-8-12-6-5-9-15-12/h11-12,14H,5-10H2,1-4H3. The molecule has 1 rings (SSSR count). The second-order valence-electron chi connectivity index (χ2n) is 5.62. The van der Waals surface area contributed by atoms with Crippen molar-refractivity contribution in [3.05, 3.63) is 0 Å². The summed E-state index contributed by atoms with van der Waals surface area (Å²) < 4.78 is 11.4. The van der Waals surface area contributed by atoms with E-state index in [-0.39, 0.29) is 5.60 Å². The van der Waals surface area contributed by atoms with Crippen LogP contribution < -0.4 is 5.32 Å². The monoisotopic (exact) mass is 229 g/mol. The lowest BCUT2D eigenvalue weighted by molar-refractivity contribution is -0.0163. The number of likely N-dealkylation sites (N-methyl/N-ethyl adjacent to an activating group) is 1. The first-order valence-corrected chi connectivity index (χ1v) is 6.44. The molecule has 0 aromatic rings. The van der Waals surface area contributed by atoms with Gasteiger partial charge in [-0.05, 0) is 53.5 Å². The molecule has 1 saturated heterocycles. The van der Waals surface area contributed by atoms with E-state index >= 15 is 0 Å². The molecule has 3 heteroatoms. The molecule has 0 spiro atoms. The number of nitrogens with one attached hydrogen (secondary N) is 1. The minimum atomic E-state index is -0.0427. The minimum Gasteiger partial charge on any atom is -0.378 e. The second kappa shape index (κ2) is 6.58. The Kier molecular flexibility index (Phi) is 5.73. The Hall–Kier alpha value is -0.120. The van der Waals surface area contributed by atoms with E-state index in [9.17, 15) is 0 Å². The van der Waals surface area contributed by atoms with Crippen LogP contribution in [0.4, 0.5) is 0 Å². The van der Waals surface area contributed by atoms with Crippen molar-refractivity contribution in [1.82, 2.24) is 5.32 Å². The lowest BCUT2D eigenvalue weighted by Gasteiger charge is -2.24. The van der Waals surface area contributed by atoms with E-state index in [0.717, 1.165) is 26.1 Å². The molecule has 0 aromatic heterocycles. The Labute approximate surface area is 99.9 Å². The number of rotatable bonds is 6. The lowest BCUT2D eigenvalue weighted by Crippen LogP contribution is -2.35. The van der Waals surface area contributed by atoms with Gasteiger partial charge in [0.25, 0.3) is 0 Å². The van der Waals surface area contributed by atoms with Gasteiger partial charge in [-0.1, -0.05) is 0 Å². The Balaban J connectivity index is 2.15. The first kappa shape index (κ1) is 13.9. The third-order valence-corrected chi connectivity index (χ3v) is 2.99. The van der Waals surface area contributed by atoms with Gasteiger partial charge in [-0.25, -0.2) is 0 Å². The predicted molar refractivity (Wildman–Crippen MR) is 66.8 cm³/mol. The number of ether oxygens (including phenoxy) is 2. The fourth-order valence-corrected chi connectivity index (χ4v) is 1.92. The zero-order valence-electron chi connectivity index (χ0n) is 11.2. The summed E-state index contributed by atoms with van der Waals surface area (Å²) in [6.45, 7) is 8.03. The number of hydrogen-bond acceptors (Lipinski definition) is 3. The molecule has 96 valence electrons. The van der Waals surface area contributed by atoms with Crippen molar-refractivity contribution in [2.45, 2.75) is 64.2 Å². The summed E-state index contributed by atoms with van der Waals surface area (Å²) >= 11 is 0. The van der Waals surface area contributed by atoms with E-state index in [0.29, 0.717) is 12.1 Å². The molecule has 0 saturated carbocycles. The van der Waals surface area contributed by atoms with Crippen LogP contribution in [-0.4, -0.2) is 38.0 Å². The molecule has 16 heavy (non-hydrogen) atoms. The van der Waals surface area contributed by atoms with E-state index in [2.05, 4.69) is 26.1 Å². The highest BCUT2D eigenvalue weighted by Gasteiger charge is 2.19. The molecule has 2 unspecified atom stereocenters. The molecule has 0 bridgehead atoms. The van der Waals surface area contributed by atoms with Gasteiger partial charge in [0.05, 0.1) is 18.3 Å². The molecule has 1 aliphatic rings. The SMILES string of the molecule is CNC(CCC1CCCO1)COC(C)(C)C. The fraction of sp³-hybridized carbons (Fsp3) is 1.00. The van der Waals surface area contributed by atoms with Crippen LogP contribution in [0.1, 0.15) is 46.5 Å². The number of hydrogen-bond donors (Lipinski definition) is 1. The summed E-state index contributed by atoms with van der Waals surface area (Å²) in [6.07, 6.45) is 5.24. The maximum absolute atomic E-state index is 5.79. The van der Waals surface area contributed by atoms with E-state index < -0.39 is 0 Å². The van der Waals surface area contributed by atoms with Crippen LogP contribution in [0.25, 0.3) is 0 Å². The van der Waals surface area contributed by atoms with E-state index in [1.54, 1.807) is 0 Å². The van der Waals surface area contributed by atoms with Gasteiger partial charge in [0.1, 0.15) is 0 Å². The average Bonchev–Trinajstić information content (AvgIpc) is 2.69. The molecular formula is C13H27NO2. The van der Waals surface area contributed by atoms with Gasteiger partial charge in [-0.15, -0.1) is 0 Å². The van der Waals surface area contributed by atoms with E-state index in [1.807, 2.05) is 7.05 Å². The van der Waals surface area contributed by atoms with Gasteiger partial charge in [0, 0.05) is 12.6 Å². The maximum Gasteiger partial charge on any atom is 0.0626 e. The van der Waals surface area contributed by atoms with Crippen LogP contribution in [0, 0.1) is 0 Å². The molecule has 2 atom stereocenters. The molecule has 1 N–H and O–H groups in total. The van der Waals surface area contributed by atoms with Crippen molar-refractivity contribution in [3.8, 4) is 0 Å². The summed E-state index contributed by atoms with van der Waals surface area (Å²) in [7, 11) is 2.01. The highest BCUT2D eigenvalue weighted by atomic mass is 16.5. The summed E-state index contributed by atoms with van der Waals surface area (Å²) in [5.74, 6) is 0. The Morgan fingerprint density at radius 2 is 2.19 bits per heavy atom. The average molecular weight is 229 g/mol. The molecule has 0 amide bonds. The van der Waals surface area contributed by atoms with Gasteiger partial charge >= 0.3 is 0 Å². The van der Waals surface area contributed by atoms with Crippen molar-refractivity contribution in [3.63, 3.8) is 0 Å². The minimum absolute atomic E-state index is 0.0427. The summed E-state index contributed by atoms with van der Waals surface area (Å²) in [5.41, 5.74) is -0.0427. The Morgan fingerprint density at radius 1 is 1.44 bits per heavy atom. The zero-order chi connectivity index (χ0) is 12.0. The van der Waals surface area contributed by atoms with Crippen molar-refractivity contribution < 1.29 is 9.47 Å². The predicted octanol–water partition coefficient (Wildman–Crippen LogP) is 2.35. The van der Waals surface area contributed by atoms with E-state index in [1.165, 1.54) is 12.8 Å². The summed E-state index contributed by atoms with van der Waals surface area (Å²) in [6, 6.07) is 0.448. The van der Waals surface area contributed by atoms with Crippen LogP contribution in [0.2, 0.25) is 0 Å². The highest BCUT2D eigenvalue weighted by molar-refractivity contribution is 4.72. The normalized spacial score (nSPS) is 23.6. The molecular weight excluding hydrogens is 202 g/mol. The van der Waals surface area contributed by atoms with E-state index in [4.69, 9.17) is 9.47 Å². The summed E-state index contributed by atoms with van der Waals surface area (Å²) in [5, 5.41) is 3.32. The van der Waals surface area contributed by atoms with Crippen molar-refractivity contribution >= 4 is 0 Å². The smallest absolute Gasteiger partial charge is 0.0626 e. The van der Waals surface area contributed by atoms with Gasteiger partial charge < -0.3 is 14.8 Å². The zero-order valence-corrected chi connectivity index (χ0v) is 11.2. The molecule has 1 fully saturated rings. The topological polar surface area (TPSA) is 30.5 Å². The van der Waals surface area contributed by atoms with Gasteiger partial charge in [-0.2, -0.15) is 0 Å². The summed E-state index contributed by atoms with van der Waals surface area (Å²) in [4.78, 5) is 0. The van der Waals surface area contributed by atoms with Crippen LogP contribution in [0.5, 0.6) is 0 Å². The third kappa shape index (κ3) is 5.83. The highest BCUT2D eigenvalue weighted by Crippen LogP contribution is 2.18. The van der Waals surface area contributed by atoms with Crippen LogP contribution in [-0.2, 0) is 9.47 Å². The van der Waals surface area contributed by atoms with Crippen LogP contribution >= 0.6 is 0 Å². The van der Waals surface area contributed by atoms with Crippen molar-refractivity contribution in [2.24, 2.45) is 0 Å². The molecule has 3 nitrogen and oxygen atoms in total. The quantitative estimate of drug-likeness (QED) is 0.758.